The van der Waals surface area contributed by atoms with Crippen molar-refractivity contribution in [3.63, 3.8) is 0 Å². The lowest BCUT2D eigenvalue weighted by Gasteiger charge is -2.14. The number of thiophene rings is 1. The molecule has 1 N–H and O–H groups in total. The van der Waals surface area contributed by atoms with Crippen molar-refractivity contribution in [2.45, 2.75) is 13.8 Å². The highest BCUT2D eigenvalue weighted by atomic mass is 35.5. The highest BCUT2D eigenvalue weighted by molar-refractivity contribution is 7.18. The van der Waals surface area contributed by atoms with Crippen LogP contribution >= 0.6 is 22.9 Å². The Morgan fingerprint density at radius 3 is 2.45 bits per heavy atom. The van der Waals surface area contributed by atoms with Crippen LogP contribution in [0.25, 0.3) is 22.2 Å². The standard InChI is InChI=1S/C25H18ClN3O3S/c1-13-18(12-27)24(33-22(13)25(31)32-3)29-23(30)20-14(2)21(15-8-10-16(26)11-9-15)28-19-7-5-4-6-17(19)20/h4-11H,1-3H3,(H,29,30). The lowest BCUT2D eigenvalue weighted by Crippen LogP contribution is -2.15. The molecule has 2 heterocycles. The van der Waals surface area contributed by atoms with Gasteiger partial charge in [-0.2, -0.15) is 5.26 Å². The number of carbonyl (C=O) groups is 2. The van der Waals surface area contributed by atoms with Crippen LogP contribution in [0, 0.1) is 25.2 Å². The van der Waals surface area contributed by atoms with Gasteiger partial charge in [-0.25, -0.2) is 9.78 Å². The maximum atomic E-state index is 13.5. The Hall–Kier alpha value is -3.73. The Kier molecular flexibility index (Phi) is 6.14. The molecule has 2 aromatic carbocycles. The number of rotatable bonds is 4. The van der Waals surface area contributed by atoms with Crippen LogP contribution < -0.4 is 5.32 Å². The number of nitriles is 1. The number of hydrogen-bond donors (Lipinski definition) is 1. The SMILES string of the molecule is COC(=O)c1sc(NC(=O)c2c(C)c(-c3ccc(Cl)cc3)nc3ccccc23)c(C#N)c1C. The number of fused-ring (bicyclic) bond motifs is 1. The summed E-state index contributed by atoms with van der Waals surface area (Å²) in [5, 5.41) is 14.1. The van der Waals surface area contributed by atoms with Gasteiger partial charge in [-0.05, 0) is 43.2 Å². The zero-order valence-corrected chi connectivity index (χ0v) is 19.6. The van der Waals surface area contributed by atoms with Crippen molar-refractivity contribution in [1.29, 1.82) is 5.26 Å². The van der Waals surface area contributed by atoms with Crippen LogP contribution in [0.1, 0.15) is 36.7 Å². The van der Waals surface area contributed by atoms with Crippen molar-refractivity contribution in [1.82, 2.24) is 4.98 Å². The van der Waals surface area contributed by atoms with E-state index in [-0.39, 0.29) is 10.4 Å². The number of hydrogen-bond acceptors (Lipinski definition) is 6. The van der Waals surface area contributed by atoms with E-state index in [2.05, 4.69) is 11.4 Å². The molecule has 0 aliphatic rings. The molecular formula is C25H18ClN3O3S. The first-order valence-corrected chi connectivity index (χ1v) is 11.1. The average molecular weight is 476 g/mol. The van der Waals surface area contributed by atoms with Gasteiger partial charge in [0.25, 0.3) is 5.91 Å². The molecule has 0 saturated carbocycles. The molecule has 164 valence electrons. The Labute approximate surface area is 199 Å². The largest absolute Gasteiger partial charge is 0.465 e. The molecular weight excluding hydrogens is 458 g/mol. The summed E-state index contributed by atoms with van der Waals surface area (Å²) in [6.45, 7) is 3.49. The van der Waals surface area contributed by atoms with Crippen molar-refractivity contribution >= 4 is 50.7 Å². The van der Waals surface area contributed by atoms with E-state index in [0.29, 0.717) is 43.3 Å². The number of methoxy groups -OCH3 is 1. The van der Waals surface area contributed by atoms with E-state index in [4.69, 9.17) is 21.3 Å². The van der Waals surface area contributed by atoms with E-state index in [0.717, 1.165) is 16.9 Å². The Bertz CT molecular complexity index is 1450. The van der Waals surface area contributed by atoms with Crippen LogP contribution in [-0.2, 0) is 4.74 Å². The van der Waals surface area contributed by atoms with Gasteiger partial charge < -0.3 is 10.1 Å². The Morgan fingerprint density at radius 2 is 1.79 bits per heavy atom. The molecule has 0 spiro atoms. The van der Waals surface area contributed by atoms with Crippen molar-refractivity contribution in [3.8, 4) is 17.3 Å². The molecule has 0 saturated heterocycles. The van der Waals surface area contributed by atoms with Crippen molar-refractivity contribution in [2.75, 3.05) is 12.4 Å². The fraction of sp³-hybridized carbons (Fsp3) is 0.120. The number of esters is 1. The summed E-state index contributed by atoms with van der Waals surface area (Å²) in [5.41, 5.74) is 4.00. The summed E-state index contributed by atoms with van der Waals surface area (Å²) in [6.07, 6.45) is 0. The number of amides is 1. The minimum atomic E-state index is -0.551. The Balaban J connectivity index is 1.86. The second-order valence-electron chi connectivity index (χ2n) is 7.30. The molecule has 0 radical (unpaired) electrons. The van der Waals surface area contributed by atoms with Gasteiger partial charge in [-0.15, -0.1) is 11.3 Å². The third-order valence-electron chi connectivity index (χ3n) is 5.34. The van der Waals surface area contributed by atoms with Gasteiger partial charge in [0.15, 0.2) is 0 Å². The lowest BCUT2D eigenvalue weighted by atomic mass is 9.97. The predicted octanol–water partition coefficient (Wildman–Crippen LogP) is 6.14. The van der Waals surface area contributed by atoms with E-state index in [1.54, 1.807) is 19.1 Å². The number of aromatic nitrogens is 1. The number of nitrogens with one attached hydrogen (secondary N) is 1. The van der Waals surface area contributed by atoms with Crippen LogP contribution in [0.2, 0.25) is 5.02 Å². The Morgan fingerprint density at radius 1 is 1.09 bits per heavy atom. The molecule has 33 heavy (non-hydrogen) atoms. The van der Waals surface area contributed by atoms with Crippen molar-refractivity contribution in [2.24, 2.45) is 0 Å². The molecule has 8 heteroatoms. The summed E-state index contributed by atoms with van der Waals surface area (Å²) < 4.78 is 4.80. The second kappa shape index (κ2) is 9.02. The zero-order valence-electron chi connectivity index (χ0n) is 18.0. The molecule has 0 atom stereocenters. The maximum Gasteiger partial charge on any atom is 0.348 e. The minimum absolute atomic E-state index is 0.239. The molecule has 4 aromatic rings. The third-order valence-corrected chi connectivity index (χ3v) is 6.78. The molecule has 6 nitrogen and oxygen atoms in total. The van der Waals surface area contributed by atoms with Gasteiger partial charge in [0.2, 0.25) is 0 Å². The maximum absolute atomic E-state index is 13.5. The average Bonchev–Trinajstić information content (AvgIpc) is 3.13. The molecule has 0 aliphatic carbocycles. The van der Waals surface area contributed by atoms with E-state index in [1.165, 1.54) is 7.11 Å². The van der Waals surface area contributed by atoms with Crippen LogP contribution in [0.5, 0.6) is 0 Å². The van der Waals surface area contributed by atoms with E-state index in [1.807, 2.05) is 43.3 Å². The van der Waals surface area contributed by atoms with Crippen LogP contribution in [0.15, 0.2) is 48.5 Å². The van der Waals surface area contributed by atoms with Gasteiger partial charge in [-0.1, -0.05) is 41.9 Å². The number of para-hydroxylation sites is 1. The first-order chi connectivity index (χ1) is 15.8. The van der Waals surface area contributed by atoms with Crippen molar-refractivity contribution in [3.05, 3.63) is 80.7 Å². The highest BCUT2D eigenvalue weighted by Crippen LogP contribution is 2.35. The van der Waals surface area contributed by atoms with Crippen LogP contribution in [0.4, 0.5) is 5.00 Å². The zero-order chi connectivity index (χ0) is 23.7. The van der Waals surface area contributed by atoms with Gasteiger partial charge in [-0.3, -0.25) is 4.79 Å². The molecule has 1 amide bonds. The number of ether oxygens (including phenoxy) is 1. The van der Waals surface area contributed by atoms with Crippen LogP contribution in [0.3, 0.4) is 0 Å². The molecule has 0 bridgehead atoms. The van der Waals surface area contributed by atoms with Crippen molar-refractivity contribution < 1.29 is 14.3 Å². The fourth-order valence-corrected chi connectivity index (χ4v) is 4.87. The van der Waals surface area contributed by atoms with E-state index in [9.17, 15) is 14.9 Å². The molecule has 0 aliphatic heterocycles. The number of benzene rings is 2. The normalized spacial score (nSPS) is 10.6. The quantitative estimate of drug-likeness (QED) is 0.357. The van der Waals surface area contributed by atoms with E-state index >= 15 is 0 Å². The topological polar surface area (TPSA) is 92.1 Å². The van der Waals surface area contributed by atoms with Gasteiger partial charge in [0.1, 0.15) is 15.9 Å². The third kappa shape index (κ3) is 4.07. The van der Waals surface area contributed by atoms with Gasteiger partial charge >= 0.3 is 5.97 Å². The molecule has 2 aromatic heterocycles. The van der Waals surface area contributed by atoms with Gasteiger partial charge in [0, 0.05) is 16.0 Å². The fourth-order valence-electron chi connectivity index (χ4n) is 3.68. The molecule has 4 rings (SSSR count). The summed E-state index contributed by atoms with van der Waals surface area (Å²) in [4.78, 5) is 30.7. The summed E-state index contributed by atoms with van der Waals surface area (Å²) >= 11 is 7.06. The first kappa shape index (κ1) is 22.5. The second-order valence-corrected chi connectivity index (χ2v) is 8.76. The number of halogens is 1. The smallest absolute Gasteiger partial charge is 0.348 e. The first-order valence-electron chi connectivity index (χ1n) is 9.94. The van der Waals surface area contributed by atoms with E-state index < -0.39 is 11.9 Å². The number of carbonyl (C=O) groups excluding carboxylic acids is 2. The predicted molar refractivity (Wildman–Crippen MR) is 130 cm³/mol. The number of pyridine rings is 1. The molecule has 0 fully saturated rings. The summed E-state index contributed by atoms with van der Waals surface area (Å²) in [7, 11) is 1.27. The highest BCUT2D eigenvalue weighted by Gasteiger charge is 2.24. The van der Waals surface area contributed by atoms with Crippen LogP contribution in [-0.4, -0.2) is 24.0 Å². The lowest BCUT2D eigenvalue weighted by molar-refractivity contribution is 0.0605. The molecule has 0 unspecified atom stereocenters. The van der Waals surface area contributed by atoms with Gasteiger partial charge in [0.05, 0.1) is 29.4 Å². The summed E-state index contributed by atoms with van der Waals surface area (Å²) in [6, 6.07) is 16.7. The minimum Gasteiger partial charge on any atom is -0.465 e. The number of anilines is 1. The summed E-state index contributed by atoms with van der Waals surface area (Å²) in [5.74, 6) is -0.944. The monoisotopic (exact) mass is 475 g/mol. The number of nitrogens with zero attached hydrogens (tertiary/aromatic N) is 2.